The van der Waals surface area contributed by atoms with E-state index in [0.29, 0.717) is 19.4 Å². The number of rotatable bonds is 5. The molecule has 0 spiro atoms. The summed E-state index contributed by atoms with van der Waals surface area (Å²) in [7, 11) is 1.63. The van der Waals surface area contributed by atoms with Crippen molar-refractivity contribution in [2.75, 3.05) is 7.11 Å². The Labute approximate surface area is 156 Å². The van der Waals surface area contributed by atoms with Crippen LogP contribution in [0.25, 0.3) is 0 Å². The van der Waals surface area contributed by atoms with Gasteiger partial charge in [0.2, 0.25) is 11.8 Å². The number of amides is 2. The van der Waals surface area contributed by atoms with Crippen LogP contribution in [0.4, 0.5) is 0 Å². The molecular weight excluding hydrogens is 328 g/mol. The van der Waals surface area contributed by atoms with E-state index < -0.39 is 5.54 Å². The zero-order valence-corrected chi connectivity index (χ0v) is 15.9. The molecule has 26 heavy (non-hydrogen) atoms. The topological polar surface area (TPSA) is 58.6 Å². The number of hydrogen-bond donors (Lipinski definition) is 1. The van der Waals surface area contributed by atoms with Crippen LogP contribution in [0.2, 0.25) is 0 Å². The van der Waals surface area contributed by atoms with Gasteiger partial charge in [-0.2, -0.15) is 0 Å². The van der Waals surface area contributed by atoms with Gasteiger partial charge in [0.15, 0.2) is 0 Å². The van der Waals surface area contributed by atoms with E-state index in [1.54, 1.807) is 12.0 Å². The van der Waals surface area contributed by atoms with Gasteiger partial charge < -0.3 is 15.0 Å². The standard InChI is InChI=1S/C21H30N2O3/c1-21(20(25)22-17-9-5-3-4-6-10-17)13-12-19(24)23(21)15-16-8-7-11-18(14-16)26-2/h7-8,11,14,17H,3-6,9-10,12-13,15H2,1-2H3,(H,22,25)/t21-/m1/s1. The lowest BCUT2D eigenvalue weighted by molar-refractivity contribution is -0.141. The third-order valence-corrected chi connectivity index (χ3v) is 5.88. The molecular formula is C21H30N2O3. The summed E-state index contributed by atoms with van der Waals surface area (Å²) in [5.74, 6) is 0.809. The fraction of sp³-hybridized carbons (Fsp3) is 0.619. The highest BCUT2D eigenvalue weighted by molar-refractivity contribution is 5.94. The molecule has 1 aromatic carbocycles. The summed E-state index contributed by atoms with van der Waals surface area (Å²) in [6.07, 6.45) is 7.96. The third kappa shape index (κ3) is 4.02. The zero-order chi connectivity index (χ0) is 18.6. The molecule has 5 nitrogen and oxygen atoms in total. The molecule has 1 aliphatic heterocycles. The first-order valence-electron chi connectivity index (χ1n) is 9.77. The van der Waals surface area contributed by atoms with Crippen LogP contribution < -0.4 is 10.1 Å². The van der Waals surface area contributed by atoms with E-state index in [4.69, 9.17) is 4.74 Å². The number of ether oxygens (including phenoxy) is 1. The van der Waals surface area contributed by atoms with Crippen LogP contribution in [0.1, 0.15) is 63.9 Å². The molecule has 5 heteroatoms. The highest BCUT2D eigenvalue weighted by Crippen LogP contribution is 2.33. The lowest BCUT2D eigenvalue weighted by atomic mass is 9.95. The Hall–Kier alpha value is -2.04. The molecule has 3 rings (SSSR count). The lowest BCUT2D eigenvalue weighted by Crippen LogP contribution is -2.56. The van der Waals surface area contributed by atoms with Crippen molar-refractivity contribution in [1.29, 1.82) is 0 Å². The molecule has 1 atom stereocenters. The fourth-order valence-electron chi connectivity index (χ4n) is 4.11. The Morgan fingerprint density at radius 1 is 1.27 bits per heavy atom. The number of nitrogens with one attached hydrogen (secondary N) is 1. The first-order valence-corrected chi connectivity index (χ1v) is 9.77. The maximum absolute atomic E-state index is 13.1. The van der Waals surface area contributed by atoms with Crippen LogP contribution in [-0.4, -0.2) is 35.4 Å². The average molecular weight is 358 g/mol. The summed E-state index contributed by atoms with van der Waals surface area (Å²) < 4.78 is 5.28. The molecule has 1 saturated carbocycles. The van der Waals surface area contributed by atoms with Crippen LogP contribution >= 0.6 is 0 Å². The van der Waals surface area contributed by atoms with E-state index in [9.17, 15) is 9.59 Å². The first-order chi connectivity index (χ1) is 12.5. The average Bonchev–Trinajstić information content (AvgIpc) is 2.83. The molecule has 0 unspecified atom stereocenters. The van der Waals surface area contributed by atoms with Crippen molar-refractivity contribution in [3.63, 3.8) is 0 Å². The van der Waals surface area contributed by atoms with E-state index in [1.165, 1.54) is 25.7 Å². The van der Waals surface area contributed by atoms with Gasteiger partial charge in [0.05, 0.1) is 7.11 Å². The number of benzene rings is 1. The van der Waals surface area contributed by atoms with Crippen molar-refractivity contribution < 1.29 is 14.3 Å². The van der Waals surface area contributed by atoms with Gasteiger partial charge in [0.1, 0.15) is 11.3 Å². The molecule has 1 aromatic rings. The molecule has 1 heterocycles. The Bertz CT molecular complexity index is 652. The van der Waals surface area contributed by atoms with Gasteiger partial charge in [0.25, 0.3) is 0 Å². The van der Waals surface area contributed by atoms with Crippen LogP contribution in [0, 0.1) is 0 Å². The molecule has 2 aliphatic rings. The zero-order valence-electron chi connectivity index (χ0n) is 15.9. The Morgan fingerprint density at radius 2 is 2.00 bits per heavy atom. The van der Waals surface area contributed by atoms with Crippen LogP contribution in [-0.2, 0) is 16.1 Å². The molecule has 1 saturated heterocycles. The summed E-state index contributed by atoms with van der Waals surface area (Å²) >= 11 is 0. The predicted octanol–water partition coefficient (Wildman–Crippen LogP) is 3.42. The summed E-state index contributed by atoms with van der Waals surface area (Å²) in [4.78, 5) is 27.3. The van der Waals surface area contributed by atoms with E-state index in [2.05, 4.69) is 5.32 Å². The largest absolute Gasteiger partial charge is 0.497 e. The fourth-order valence-corrected chi connectivity index (χ4v) is 4.11. The molecule has 1 aliphatic carbocycles. The SMILES string of the molecule is COc1cccc(CN2C(=O)CC[C@]2(C)C(=O)NC2CCCCCC2)c1. The Kier molecular flexibility index (Phi) is 5.84. The van der Waals surface area contributed by atoms with E-state index in [0.717, 1.165) is 24.2 Å². The number of carbonyl (C=O) groups excluding carboxylic acids is 2. The smallest absolute Gasteiger partial charge is 0.245 e. The lowest BCUT2D eigenvalue weighted by Gasteiger charge is -2.35. The molecule has 0 radical (unpaired) electrons. The molecule has 2 amide bonds. The number of carbonyl (C=O) groups is 2. The van der Waals surface area contributed by atoms with Gasteiger partial charge in [-0.05, 0) is 43.9 Å². The second kappa shape index (κ2) is 8.11. The van der Waals surface area contributed by atoms with Gasteiger partial charge in [-0.15, -0.1) is 0 Å². The van der Waals surface area contributed by atoms with E-state index in [1.807, 2.05) is 31.2 Å². The summed E-state index contributed by atoms with van der Waals surface area (Å²) in [5, 5.41) is 3.24. The van der Waals surface area contributed by atoms with Gasteiger partial charge in [-0.25, -0.2) is 0 Å². The number of hydrogen-bond acceptors (Lipinski definition) is 3. The maximum Gasteiger partial charge on any atom is 0.245 e. The second-order valence-corrected chi connectivity index (χ2v) is 7.77. The predicted molar refractivity (Wildman–Crippen MR) is 101 cm³/mol. The first kappa shape index (κ1) is 18.7. The number of nitrogens with zero attached hydrogens (tertiary/aromatic N) is 1. The maximum atomic E-state index is 13.1. The monoisotopic (exact) mass is 358 g/mol. The molecule has 0 aromatic heterocycles. The van der Waals surface area contributed by atoms with Crippen LogP contribution in [0.5, 0.6) is 5.75 Å². The van der Waals surface area contributed by atoms with Crippen molar-refractivity contribution >= 4 is 11.8 Å². The second-order valence-electron chi connectivity index (χ2n) is 7.77. The van der Waals surface area contributed by atoms with Crippen molar-refractivity contribution in [3.05, 3.63) is 29.8 Å². The summed E-state index contributed by atoms with van der Waals surface area (Å²) in [6.45, 7) is 2.34. The van der Waals surface area contributed by atoms with Crippen molar-refractivity contribution in [3.8, 4) is 5.75 Å². The summed E-state index contributed by atoms with van der Waals surface area (Å²) in [5.41, 5.74) is 0.208. The Balaban J connectivity index is 1.72. The van der Waals surface area contributed by atoms with Gasteiger partial charge >= 0.3 is 0 Å². The highest BCUT2D eigenvalue weighted by Gasteiger charge is 2.47. The van der Waals surface area contributed by atoms with Crippen LogP contribution in [0.3, 0.4) is 0 Å². The minimum atomic E-state index is -0.771. The normalized spacial score (nSPS) is 24.4. The van der Waals surface area contributed by atoms with Gasteiger partial charge in [0, 0.05) is 19.0 Å². The molecule has 1 N–H and O–H groups in total. The van der Waals surface area contributed by atoms with Crippen molar-refractivity contribution in [2.45, 2.75) is 76.4 Å². The van der Waals surface area contributed by atoms with Crippen molar-refractivity contribution in [2.24, 2.45) is 0 Å². The van der Waals surface area contributed by atoms with Gasteiger partial charge in [-0.1, -0.05) is 37.8 Å². The van der Waals surface area contributed by atoms with E-state index in [-0.39, 0.29) is 17.9 Å². The number of likely N-dealkylation sites (tertiary alicyclic amines) is 1. The third-order valence-electron chi connectivity index (χ3n) is 5.88. The number of methoxy groups -OCH3 is 1. The van der Waals surface area contributed by atoms with Crippen LogP contribution in [0.15, 0.2) is 24.3 Å². The Morgan fingerprint density at radius 3 is 2.69 bits per heavy atom. The molecule has 0 bridgehead atoms. The quantitative estimate of drug-likeness (QED) is 0.821. The summed E-state index contributed by atoms with van der Waals surface area (Å²) in [6, 6.07) is 7.94. The molecule has 2 fully saturated rings. The minimum absolute atomic E-state index is 0.00172. The van der Waals surface area contributed by atoms with Gasteiger partial charge in [-0.3, -0.25) is 9.59 Å². The van der Waals surface area contributed by atoms with Crippen molar-refractivity contribution in [1.82, 2.24) is 10.2 Å². The van der Waals surface area contributed by atoms with E-state index >= 15 is 0 Å². The molecule has 142 valence electrons. The minimum Gasteiger partial charge on any atom is -0.497 e. The highest BCUT2D eigenvalue weighted by atomic mass is 16.5.